The van der Waals surface area contributed by atoms with Crippen LogP contribution < -0.4 is 5.43 Å². The molecule has 0 spiro atoms. The molecule has 0 unspecified atom stereocenters. The Bertz CT molecular complexity index is 593. The van der Waals surface area contributed by atoms with Crippen LogP contribution in [0.25, 0.3) is 0 Å². The molecule has 1 amide bonds. The highest BCUT2D eigenvalue weighted by atomic mass is 79.9. The Hall–Kier alpha value is -1.16. The summed E-state index contributed by atoms with van der Waals surface area (Å²) in [6.07, 6.45) is 8.15. The Morgan fingerprint density at radius 2 is 2.00 bits per heavy atom. The first-order chi connectivity index (χ1) is 10.2. The molecule has 0 bridgehead atoms. The van der Waals surface area contributed by atoms with Crippen molar-refractivity contribution in [3.63, 3.8) is 0 Å². The fourth-order valence-corrected chi connectivity index (χ4v) is 4.36. The van der Waals surface area contributed by atoms with Crippen LogP contribution in [0.5, 0.6) is 0 Å². The van der Waals surface area contributed by atoms with Crippen LogP contribution in [0.4, 0.5) is 0 Å². The van der Waals surface area contributed by atoms with E-state index in [0.717, 1.165) is 28.3 Å². The fraction of sp³-hybridized carbons (Fsp3) is 0.529. The summed E-state index contributed by atoms with van der Waals surface area (Å²) < 4.78 is 1.02. The Labute approximate surface area is 133 Å². The summed E-state index contributed by atoms with van der Waals surface area (Å²) in [6, 6.07) is 7.88. The number of amides is 1. The minimum Gasteiger partial charge on any atom is -0.273 e. The number of benzene rings is 1. The quantitative estimate of drug-likeness (QED) is 0.640. The van der Waals surface area contributed by atoms with Crippen molar-refractivity contribution < 1.29 is 4.79 Å². The molecule has 4 rings (SSSR count). The van der Waals surface area contributed by atoms with Crippen LogP contribution >= 0.6 is 15.9 Å². The first-order valence-corrected chi connectivity index (χ1v) is 8.58. The number of nitrogens with zero attached hydrogens (tertiary/aromatic N) is 1. The molecular weight excluding hydrogens is 328 g/mol. The van der Waals surface area contributed by atoms with Gasteiger partial charge in [-0.3, -0.25) is 4.79 Å². The van der Waals surface area contributed by atoms with Crippen LogP contribution in [0.15, 0.2) is 33.8 Å². The topological polar surface area (TPSA) is 41.5 Å². The van der Waals surface area contributed by atoms with Gasteiger partial charge in [-0.15, -0.1) is 0 Å². The highest BCUT2D eigenvalue weighted by Gasteiger charge is 2.70. The van der Waals surface area contributed by atoms with Gasteiger partial charge >= 0.3 is 0 Å². The molecule has 3 aliphatic rings. The molecule has 0 aliphatic heterocycles. The number of hydrogen-bond donors (Lipinski definition) is 1. The lowest BCUT2D eigenvalue weighted by Crippen LogP contribution is -2.25. The van der Waals surface area contributed by atoms with Crippen molar-refractivity contribution in [1.29, 1.82) is 0 Å². The summed E-state index contributed by atoms with van der Waals surface area (Å²) in [4.78, 5) is 12.3. The standard InChI is InChI=1S/C17H19BrN2O/c18-14-3-1-2-11(8-14)10-19-20-16(21)15-9-17(15,12-4-5-12)13-6-7-13/h1-3,8,10,12-13,15H,4-7,9H2,(H,20,21)/b19-10-/t15-/m0/s1. The molecule has 0 saturated heterocycles. The Balaban J connectivity index is 1.36. The largest absolute Gasteiger partial charge is 0.273 e. The van der Waals surface area contributed by atoms with Crippen molar-refractivity contribution >= 4 is 28.1 Å². The maximum absolute atomic E-state index is 12.3. The maximum Gasteiger partial charge on any atom is 0.243 e. The maximum atomic E-state index is 12.3. The Morgan fingerprint density at radius 3 is 2.62 bits per heavy atom. The van der Waals surface area contributed by atoms with Gasteiger partial charge in [0.2, 0.25) is 5.91 Å². The average molecular weight is 347 g/mol. The van der Waals surface area contributed by atoms with E-state index in [2.05, 4.69) is 26.5 Å². The third-order valence-electron chi connectivity index (χ3n) is 5.27. The molecule has 1 atom stereocenters. The second-order valence-electron chi connectivity index (χ2n) is 6.71. The van der Waals surface area contributed by atoms with Crippen molar-refractivity contribution in [2.75, 3.05) is 0 Å². The van der Waals surface area contributed by atoms with Crippen LogP contribution in [0.2, 0.25) is 0 Å². The molecule has 21 heavy (non-hydrogen) atoms. The summed E-state index contributed by atoms with van der Waals surface area (Å²) in [5, 5.41) is 4.12. The van der Waals surface area contributed by atoms with Crippen molar-refractivity contribution in [1.82, 2.24) is 5.43 Å². The predicted octanol–water partition coefficient (Wildman–Crippen LogP) is 3.73. The van der Waals surface area contributed by atoms with Crippen molar-refractivity contribution in [3.05, 3.63) is 34.3 Å². The third kappa shape index (κ3) is 2.54. The predicted molar refractivity (Wildman–Crippen MR) is 85.9 cm³/mol. The summed E-state index contributed by atoms with van der Waals surface area (Å²) in [6.45, 7) is 0. The lowest BCUT2D eigenvalue weighted by atomic mass is 9.91. The van der Waals surface area contributed by atoms with Gasteiger partial charge in [-0.25, -0.2) is 5.43 Å². The second kappa shape index (κ2) is 4.94. The van der Waals surface area contributed by atoms with Crippen molar-refractivity contribution in [3.8, 4) is 0 Å². The lowest BCUT2D eigenvalue weighted by molar-refractivity contribution is -0.123. The first kappa shape index (κ1) is 13.5. The Kier molecular flexibility index (Phi) is 3.18. The Morgan fingerprint density at radius 1 is 1.29 bits per heavy atom. The highest BCUT2D eigenvalue weighted by Crippen LogP contribution is 2.74. The zero-order valence-electron chi connectivity index (χ0n) is 11.9. The zero-order valence-corrected chi connectivity index (χ0v) is 13.5. The summed E-state index contributed by atoms with van der Waals surface area (Å²) in [7, 11) is 0. The van der Waals surface area contributed by atoms with E-state index >= 15 is 0 Å². The van der Waals surface area contributed by atoms with E-state index in [4.69, 9.17) is 0 Å². The molecule has 110 valence electrons. The molecule has 0 heterocycles. The van der Waals surface area contributed by atoms with Crippen LogP contribution in [0.3, 0.4) is 0 Å². The number of carbonyl (C=O) groups excluding carboxylic acids is 1. The highest BCUT2D eigenvalue weighted by molar-refractivity contribution is 9.10. The molecule has 0 radical (unpaired) electrons. The van der Waals surface area contributed by atoms with Gasteiger partial charge in [0.25, 0.3) is 0 Å². The number of rotatable bonds is 5. The number of hydrogen-bond acceptors (Lipinski definition) is 2. The van der Waals surface area contributed by atoms with Crippen molar-refractivity contribution in [2.24, 2.45) is 28.3 Å². The van der Waals surface area contributed by atoms with Crippen LogP contribution in [0, 0.1) is 23.2 Å². The molecule has 1 aromatic rings. The molecule has 0 aromatic heterocycles. The van der Waals surface area contributed by atoms with E-state index in [1.807, 2.05) is 24.3 Å². The second-order valence-corrected chi connectivity index (χ2v) is 7.62. The fourth-order valence-electron chi connectivity index (χ4n) is 3.94. The lowest BCUT2D eigenvalue weighted by Gasteiger charge is -2.14. The molecule has 3 saturated carbocycles. The first-order valence-electron chi connectivity index (χ1n) is 7.78. The van der Waals surface area contributed by atoms with E-state index < -0.39 is 0 Å². The van der Waals surface area contributed by atoms with Gasteiger partial charge in [0.05, 0.1) is 6.21 Å². The van der Waals surface area contributed by atoms with Gasteiger partial charge in [0.1, 0.15) is 0 Å². The van der Waals surface area contributed by atoms with E-state index in [9.17, 15) is 4.79 Å². The zero-order chi connectivity index (χ0) is 14.4. The van der Waals surface area contributed by atoms with Crippen molar-refractivity contribution in [2.45, 2.75) is 32.1 Å². The number of nitrogens with one attached hydrogen (secondary N) is 1. The van der Waals surface area contributed by atoms with Gasteiger partial charge in [-0.1, -0.05) is 28.1 Å². The molecule has 1 N–H and O–H groups in total. The SMILES string of the molecule is O=C(N/N=C\c1cccc(Br)c1)[C@@H]1CC1(C1CC1)C1CC1. The molecule has 3 aliphatic carbocycles. The smallest absolute Gasteiger partial charge is 0.243 e. The average Bonchev–Trinajstić information content (AvgIpc) is 3.33. The van der Waals surface area contributed by atoms with E-state index in [0.29, 0.717) is 5.41 Å². The molecule has 1 aromatic carbocycles. The van der Waals surface area contributed by atoms with Gasteiger partial charge in [-0.2, -0.15) is 5.10 Å². The third-order valence-corrected chi connectivity index (χ3v) is 5.77. The van der Waals surface area contributed by atoms with Gasteiger partial charge in [0, 0.05) is 10.4 Å². The number of carbonyl (C=O) groups is 1. The molecule has 4 heteroatoms. The van der Waals surface area contributed by atoms with Gasteiger partial charge in [-0.05, 0) is 67.1 Å². The van der Waals surface area contributed by atoms with E-state index in [1.165, 1.54) is 25.7 Å². The minimum atomic E-state index is 0.125. The minimum absolute atomic E-state index is 0.125. The molecular formula is C17H19BrN2O. The molecule has 3 nitrogen and oxygen atoms in total. The molecule has 3 fully saturated rings. The van der Waals surface area contributed by atoms with Crippen LogP contribution in [0.1, 0.15) is 37.7 Å². The normalized spacial score (nSPS) is 26.8. The number of halogens is 1. The summed E-state index contributed by atoms with van der Waals surface area (Å²) in [5.41, 5.74) is 4.10. The van der Waals surface area contributed by atoms with E-state index in [1.54, 1.807) is 6.21 Å². The van der Waals surface area contributed by atoms with Gasteiger partial charge < -0.3 is 0 Å². The summed E-state index contributed by atoms with van der Waals surface area (Å²) in [5.74, 6) is 2.00. The monoisotopic (exact) mass is 346 g/mol. The van der Waals surface area contributed by atoms with E-state index in [-0.39, 0.29) is 11.8 Å². The van der Waals surface area contributed by atoms with Gasteiger partial charge in [0.15, 0.2) is 0 Å². The number of hydrazone groups is 1. The van der Waals surface area contributed by atoms with Crippen LogP contribution in [-0.4, -0.2) is 12.1 Å². The van der Waals surface area contributed by atoms with Crippen LogP contribution in [-0.2, 0) is 4.79 Å². The summed E-state index contributed by atoms with van der Waals surface area (Å²) >= 11 is 3.43.